The smallest absolute Gasteiger partial charge is 0.313 e. The molecule has 50 heavy (non-hydrogen) atoms. The maximum absolute atomic E-state index is 15.6. The van der Waals surface area contributed by atoms with E-state index >= 15 is 4.39 Å². The van der Waals surface area contributed by atoms with Gasteiger partial charge in [0.2, 0.25) is 0 Å². The van der Waals surface area contributed by atoms with Crippen molar-refractivity contribution in [1.29, 1.82) is 0 Å². The van der Waals surface area contributed by atoms with Crippen LogP contribution in [0.3, 0.4) is 0 Å². The first-order valence-corrected chi connectivity index (χ1v) is 19.6. The topological polar surface area (TPSA) is 78.9 Å². The van der Waals surface area contributed by atoms with Crippen LogP contribution in [0.15, 0.2) is 54.8 Å². The van der Waals surface area contributed by atoms with Crippen LogP contribution in [-0.2, 0) is 9.59 Å². The molecule has 6 rings (SSSR count). The summed E-state index contributed by atoms with van der Waals surface area (Å²) in [5.74, 6) is 0.354. The zero-order valence-electron chi connectivity index (χ0n) is 31.0. The molecule has 3 saturated carbocycles. The highest BCUT2D eigenvalue weighted by molar-refractivity contribution is 7.15. The minimum atomic E-state index is -1.20. The summed E-state index contributed by atoms with van der Waals surface area (Å²) in [4.78, 5) is 27.7. The monoisotopic (exact) mass is 704 g/mol. The third kappa shape index (κ3) is 7.75. The van der Waals surface area contributed by atoms with Gasteiger partial charge < -0.3 is 20.1 Å². The Labute approximate surface area is 301 Å². The molecule has 6 nitrogen and oxygen atoms in total. The van der Waals surface area contributed by atoms with E-state index in [9.17, 15) is 14.7 Å². The lowest BCUT2D eigenvalue weighted by Crippen LogP contribution is -2.45. The summed E-state index contributed by atoms with van der Waals surface area (Å²) in [6, 6.07) is 11.2. The van der Waals surface area contributed by atoms with E-state index < -0.39 is 11.4 Å². The number of aliphatic carboxylic acids is 1. The average Bonchev–Trinajstić information content (AvgIpc) is 3.65. The summed E-state index contributed by atoms with van der Waals surface area (Å²) in [6.45, 7) is 12.4. The Bertz CT molecular complexity index is 1630. The molecule has 0 radical (unpaired) electrons. The number of carbonyl (C=O) groups excluding carboxylic acids is 1. The first kappa shape index (κ1) is 38.2. The summed E-state index contributed by atoms with van der Waals surface area (Å²) in [6.07, 6.45) is 12.6. The van der Waals surface area contributed by atoms with Gasteiger partial charge in [0.1, 0.15) is 17.3 Å². The van der Waals surface area contributed by atoms with Crippen molar-refractivity contribution in [1.82, 2.24) is 10.2 Å². The molecule has 0 aromatic heterocycles. The normalized spacial score (nSPS) is 24.5. The first-order chi connectivity index (χ1) is 23.7. The number of carboxylic acids is 1. The molecular weight excluding hydrogens is 646 g/mol. The van der Waals surface area contributed by atoms with E-state index in [4.69, 9.17) is 4.74 Å². The summed E-state index contributed by atoms with van der Waals surface area (Å²) >= 11 is 0. The van der Waals surface area contributed by atoms with Gasteiger partial charge in [-0.2, -0.15) is 0 Å². The molecule has 3 aliphatic carbocycles. The van der Waals surface area contributed by atoms with Gasteiger partial charge in [0.25, 0.3) is 0 Å². The van der Waals surface area contributed by atoms with E-state index in [2.05, 4.69) is 28.1 Å². The van der Waals surface area contributed by atoms with Crippen LogP contribution in [0.5, 0.6) is 5.75 Å². The zero-order chi connectivity index (χ0) is 36.4. The van der Waals surface area contributed by atoms with E-state index in [0.29, 0.717) is 29.1 Å². The molecule has 0 bridgehead atoms. The van der Waals surface area contributed by atoms with Crippen molar-refractivity contribution in [3.63, 3.8) is 0 Å². The molecular formula is C42H58FN2O4P. The molecule has 2 aromatic rings. The second kappa shape index (κ2) is 15.3. The van der Waals surface area contributed by atoms with Gasteiger partial charge in [-0.05, 0) is 124 Å². The molecule has 2 aromatic carbocycles. The fourth-order valence-electron chi connectivity index (χ4n) is 8.36. The van der Waals surface area contributed by atoms with Crippen LogP contribution in [0, 0.1) is 22.6 Å². The Balaban J connectivity index is 0.00000239. The predicted octanol–water partition coefficient (Wildman–Crippen LogP) is 9.25. The molecule has 0 amide bonds. The Morgan fingerprint density at radius 2 is 1.82 bits per heavy atom. The van der Waals surface area contributed by atoms with Gasteiger partial charge in [-0.3, -0.25) is 9.59 Å². The van der Waals surface area contributed by atoms with E-state index in [1.807, 2.05) is 56.1 Å². The molecule has 1 aliphatic heterocycles. The van der Waals surface area contributed by atoms with Crippen molar-refractivity contribution in [2.24, 2.45) is 16.7 Å². The minimum Gasteiger partial charge on any atom is -0.490 e. The van der Waals surface area contributed by atoms with Gasteiger partial charge in [0.15, 0.2) is 0 Å². The number of carbonyl (C=O) groups is 2. The number of carboxylic acid groups (broad SMARTS) is 1. The number of ether oxygens (including phenoxy) is 1. The molecule has 1 unspecified atom stereocenters. The van der Waals surface area contributed by atoms with E-state index in [-0.39, 0.29) is 34.7 Å². The summed E-state index contributed by atoms with van der Waals surface area (Å²) in [5.41, 5.74) is 3.05. The number of hydrogen-bond donors (Lipinski definition) is 2. The number of nitrogens with one attached hydrogen (secondary N) is 1. The van der Waals surface area contributed by atoms with E-state index in [1.165, 1.54) is 19.3 Å². The van der Waals surface area contributed by atoms with E-state index in [1.54, 1.807) is 26.0 Å². The molecule has 4 fully saturated rings. The molecule has 2 N–H and O–H groups in total. The Morgan fingerprint density at radius 3 is 2.40 bits per heavy atom. The fraction of sp³-hybridized carbons (Fsp3) is 0.571. The molecule has 1 saturated heterocycles. The molecule has 8 heteroatoms. The van der Waals surface area contributed by atoms with Crippen molar-refractivity contribution in [2.75, 3.05) is 27.3 Å². The van der Waals surface area contributed by atoms with Crippen molar-refractivity contribution in [2.45, 2.75) is 109 Å². The SMILES string of the molecule is C=C(/C(=C\N(C)C)c1ccc(O[C@@H]2CC[C@@H](CC(=O)[C@@]3(C)CNC4(CCC4)C3)C2)c(-c2cccc(F)c2C2CCC2)c1)C(C)(C)C(=O)O.CP. The third-order valence-electron chi connectivity index (χ3n) is 12.0. The lowest BCUT2D eigenvalue weighted by atomic mass is 9.69. The highest BCUT2D eigenvalue weighted by atomic mass is 31.0. The maximum atomic E-state index is 15.6. The van der Waals surface area contributed by atoms with Crippen molar-refractivity contribution >= 4 is 26.6 Å². The van der Waals surface area contributed by atoms with Crippen molar-refractivity contribution in [3.05, 3.63) is 71.7 Å². The average molecular weight is 705 g/mol. The number of halogens is 1. The predicted molar refractivity (Wildman–Crippen MR) is 205 cm³/mol. The number of Topliss-reactive ketones (excluding diaryl/α,β-unsaturated/α-hetero) is 1. The van der Waals surface area contributed by atoms with Crippen molar-refractivity contribution in [3.8, 4) is 16.9 Å². The molecule has 1 spiro atoms. The highest BCUT2D eigenvalue weighted by Crippen LogP contribution is 2.49. The van der Waals surface area contributed by atoms with Crippen LogP contribution in [-0.4, -0.2) is 60.7 Å². The number of allylic oxidation sites excluding steroid dienone is 1. The molecule has 1 heterocycles. The van der Waals surface area contributed by atoms with Gasteiger partial charge in [-0.1, -0.05) is 44.8 Å². The lowest BCUT2D eigenvalue weighted by molar-refractivity contribution is -0.144. The van der Waals surface area contributed by atoms with Crippen LogP contribution >= 0.6 is 9.24 Å². The number of rotatable bonds is 12. The number of nitrogens with zero attached hydrogens (tertiary/aromatic N) is 1. The van der Waals surface area contributed by atoms with Crippen LogP contribution < -0.4 is 10.1 Å². The largest absolute Gasteiger partial charge is 0.490 e. The maximum Gasteiger partial charge on any atom is 0.313 e. The fourth-order valence-corrected chi connectivity index (χ4v) is 8.36. The van der Waals surface area contributed by atoms with Crippen molar-refractivity contribution < 1.29 is 23.8 Å². The summed E-state index contributed by atoms with van der Waals surface area (Å²) in [5, 5.41) is 13.7. The third-order valence-corrected chi connectivity index (χ3v) is 12.0. The molecule has 272 valence electrons. The lowest BCUT2D eigenvalue weighted by Gasteiger charge is -2.39. The second-order valence-corrected chi connectivity index (χ2v) is 16.2. The zero-order valence-corrected chi connectivity index (χ0v) is 32.2. The van der Waals surface area contributed by atoms with Gasteiger partial charge >= 0.3 is 5.97 Å². The Kier molecular flexibility index (Phi) is 11.7. The van der Waals surface area contributed by atoms with Crippen LogP contribution in [0.1, 0.15) is 108 Å². The molecule has 4 atom stereocenters. The standard InChI is InChI=1S/C41H53FN2O4.CH5P/c1-26(39(2,3)38(46)47)33(23-44(5)6)29-15-17-35(32(22-29)31-12-8-13-34(42)37(31)28-10-7-11-28)48-30-16-14-27(20-30)21-36(45)40(4)24-41(43-25-40)18-9-19-41;1-2/h8,12-13,15,17,22-23,27-28,30,43H,1,7,9-11,14,16,18-21,24-25H2,2-6H3,(H,46,47);2H2,1H3/b33-23+;/t27-,30-,40-;/m1./s1. The number of ketones is 1. The number of hydrogen-bond acceptors (Lipinski definition) is 5. The van der Waals surface area contributed by atoms with E-state index in [0.717, 1.165) is 73.7 Å². The minimum absolute atomic E-state index is 0.0432. The van der Waals surface area contributed by atoms with Gasteiger partial charge in [-0.15, -0.1) is 9.24 Å². The molecule has 4 aliphatic rings. The van der Waals surface area contributed by atoms with Gasteiger partial charge in [-0.25, -0.2) is 4.39 Å². The van der Waals surface area contributed by atoms with Crippen LogP contribution in [0.25, 0.3) is 16.7 Å². The number of benzene rings is 2. The summed E-state index contributed by atoms with van der Waals surface area (Å²) in [7, 11) is 6.22. The van der Waals surface area contributed by atoms with Crippen LogP contribution in [0.2, 0.25) is 0 Å². The summed E-state index contributed by atoms with van der Waals surface area (Å²) < 4.78 is 22.4. The first-order valence-electron chi connectivity index (χ1n) is 18.5. The quantitative estimate of drug-likeness (QED) is 0.170. The second-order valence-electron chi connectivity index (χ2n) is 16.2. The Hall–Kier alpha value is -3.02. The van der Waals surface area contributed by atoms with Gasteiger partial charge in [0, 0.05) is 55.4 Å². The van der Waals surface area contributed by atoms with Gasteiger partial charge in [0.05, 0.1) is 11.5 Å². The highest BCUT2D eigenvalue weighted by Gasteiger charge is 2.52. The van der Waals surface area contributed by atoms with Crippen LogP contribution in [0.4, 0.5) is 4.39 Å². The Morgan fingerprint density at radius 1 is 1.10 bits per heavy atom.